The van der Waals surface area contributed by atoms with Gasteiger partial charge in [0.05, 0.1) is 11.9 Å². The van der Waals surface area contributed by atoms with Crippen LogP contribution >= 0.6 is 0 Å². The van der Waals surface area contributed by atoms with Crippen molar-refractivity contribution in [2.45, 2.75) is 50.5 Å². The molecule has 1 spiro atoms. The molecule has 0 heterocycles. The third-order valence-electron chi connectivity index (χ3n) is 5.25. The summed E-state index contributed by atoms with van der Waals surface area (Å²) in [5, 5.41) is 3.42. The van der Waals surface area contributed by atoms with Crippen LogP contribution in [-0.2, 0) is 20.3 Å². The second-order valence-corrected chi connectivity index (χ2v) is 8.98. The van der Waals surface area contributed by atoms with Gasteiger partial charge in [-0.3, -0.25) is 0 Å². The van der Waals surface area contributed by atoms with Crippen molar-refractivity contribution in [3.8, 4) is 0 Å². The van der Waals surface area contributed by atoms with E-state index in [-0.39, 0.29) is 16.7 Å². The molecule has 2 atom stereocenters. The van der Waals surface area contributed by atoms with E-state index in [1.807, 2.05) is 6.92 Å². The van der Waals surface area contributed by atoms with Gasteiger partial charge >= 0.3 is 0 Å². The number of halogens is 1. The van der Waals surface area contributed by atoms with E-state index in [1.165, 1.54) is 12.5 Å². The van der Waals surface area contributed by atoms with Gasteiger partial charge in [0, 0.05) is 35.6 Å². The molecule has 2 aliphatic rings. The summed E-state index contributed by atoms with van der Waals surface area (Å²) in [7, 11) is -3.23. The van der Waals surface area contributed by atoms with Gasteiger partial charge in [0.15, 0.2) is 9.84 Å². The molecule has 0 saturated heterocycles. The summed E-state index contributed by atoms with van der Waals surface area (Å²) in [4.78, 5) is 0. The first-order chi connectivity index (χ1) is 10.8. The van der Waals surface area contributed by atoms with Crippen LogP contribution in [0.4, 0.5) is 10.1 Å². The zero-order valence-corrected chi connectivity index (χ0v) is 14.5. The summed E-state index contributed by atoms with van der Waals surface area (Å²) < 4.78 is 42.5. The number of sulfone groups is 1. The predicted octanol–water partition coefficient (Wildman–Crippen LogP) is 3.13. The molecular weight excluding hydrogens is 317 g/mol. The Bertz CT molecular complexity index is 685. The van der Waals surface area contributed by atoms with Crippen LogP contribution in [0.3, 0.4) is 0 Å². The molecule has 2 aliphatic carbocycles. The predicted molar refractivity (Wildman–Crippen MR) is 88.7 cm³/mol. The van der Waals surface area contributed by atoms with Crippen LogP contribution in [0, 0.1) is 11.2 Å². The molecule has 2 saturated carbocycles. The summed E-state index contributed by atoms with van der Waals surface area (Å²) in [6, 6.07) is 5.04. The maximum Gasteiger partial charge on any atom is 0.151 e. The largest absolute Gasteiger partial charge is 0.381 e. The second-order valence-electron chi connectivity index (χ2n) is 6.84. The minimum Gasteiger partial charge on any atom is -0.381 e. The molecule has 6 heteroatoms. The van der Waals surface area contributed by atoms with Crippen molar-refractivity contribution in [3.05, 3.63) is 29.6 Å². The Morgan fingerprint density at radius 3 is 2.65 bits per heavy atom. The summed E-state index contributed by atoms with van der Waals surface area (Å²) >= 11 is 0. The van der Waals surface area contributed by atoms with E-state index in [4.69, 9.17) is 4.74 Å². The molecule has 0 amide bonds. The molecule has 2 fully saturated rings. The molecule has 0 unspecified atom stereocenters. The Morgan fingerprint density at radius 2 is 2.13 bits per heavy atom. The van der Waals surface area contributed by atoms with Gasteiger partial charge in [0.25, 0.3) is 0 Å². The van der Waals surface area contributed by atoms with E-state index in [0.29, 0.717) is 17.8 Å². The molecule has 4 nitrogen and oxygen atoms in total. The highest BCUT2D eigenvalue weighted by Crippen LogP contribution is 2.58. The smallest absolute Gasteiger partial charge is 0.151 e. The Labute approximate surface area is 137 Å². The SMILES string of the molecule is CCO[C@@H]1C[C@@H](Nc2ccc(CS(C)(=O)=O)c(F)c2)C12CCC2. The van der Waals surface area contributed by atoms with E-state index < -0.39 is 15.7 Å². The first kappa shape index (κ1) is 16.7. The molecule has 0 bridgehead atoms. The lowest BCUT2D eigenvalue weighted by molar-refractivity contribution is -0.157. The van der Waals surface area contributed by atoms with Crippen molar-refractivity contribution in [2.75, 3.05) is 18.2 Å². The van der Waals surface area contributed by atoms with Crippen LogP contribution in [0.25, 0.3) is 0 Å². The van der Waals surface area contributed by atoms with Gasteiger partial charge in [-0.25, -0.2) is 12.8 Å². The van der Waals surface area contributed by atoms with Gasteiger partial charge in [-0.1, -0.05) is 12.5 Å². The van der Waals surface area contributed by atoms with Gasteiger partial charge < -0.3 is 10.1 Å². The fourth-order valence-corrected chi connectivity index (χ4v) is 4.68. The molecule has 3 rings (SSSR count). The van der Waals surface area contributed by atoms with Crippen LogP contribution in [0.2, 0.25) is 0 Å². The topological polar surface area (TPSA) is 55.4 Å². The number of hydrogen-bond donors (Lipinski definition) is 1. The molecule has 1 aromatic carbocycles. The van der Waals surface area contributed by atoms with E-state index >= 15 is 0 Å². The van der Waals surface area contributed by atoms with Crippen molar-refractivity contribution in [1.29, 1.82) is 0 Å². The van der Waals surface area contributed by atoms with Crippen LogP contribution in [-0.4, -0.2) is 33.4 Å². The van der Waals surface area contributed by atoms with E-state index in [2.05, 4.69) is 5.32 Å². The summed E-state index contributed by atoms with van der Waals surface area (Å²) in [6.45, 7) is 2.75. The summed E-state index contributed by atoms with van der Waals surface area (Å²) in [5.41, 5.74) is 1.14. The fraction of sp³-hybridized carbons (Fsp3) is 0.647. The van der Waals surface area contributed by atoms with Crippen molar-refractivity contribution in [1.82, 2.24) is 0 Å². The maximum absolute atomic E-state index is 14.1. The zero-order chi connectivity index (χ0) is 16.7. The monoisotopic (exact) mass is 341 g/mol. The van der Waals surface area contributed by atoms with Crippen molar-refractivity contribution in [3.63, 3.8) is 0 Å². The van der Waals surface area contributed by atoms with Crippen LogP contribution in [0.1, 0.15) is 38.2 Å². The Balaban J connectivity index is 1.68. The standard InChI is InChI=1S/C17H24FNO3S/c1-3-22-16-10-15(17(16)7-4-8-17)19-13-6-5-12(14(18)9-13)11-23(2,20)21/h5-6,9,15-16,19H,3-4,7-8,10-11H2,1-2H3/t15-,16-/m1/s1. The molecule has 23 heavy (non-hydrogen) atoms. The second kappa shape index (κ2) is 6.06. The highest BCUT2D eigenvalue weighted by Gasteiger charge is 2.58. The van der Waals surface area contributed by atoms with Crippen LogP contribution in [0.5, 0.6) is 0 Å². The molecule has 0 aromatic heterocycles. The number of anilines is 1. The highest BCUT2D eigenvalue weighted by molar-refractivity contribution is 7.89. The number of benzene rings is 1. The van der Waals surface area contributed by atoms with Gasteiger partial charge in [0.2, 0.25) is 0 Å². The Morgan fingerprint density at radius 1 is 1.39 bits per heavy atom. The van der Waals surface area contributed by atoms with E-state index in [0.717, 1.165) is 32.1 Å². The van der Waals surface area contributed by atoms with Gasteiger partial charge in [-0.15, -0.1) is 0 Å². The first-order valence-electron chi connectivity index (χ1n) is 8.18. The fourth-order valence-electron chi connectivity index (χ4n) is 3.88. The Hall–Kier alpha value is -1.14. The van der Waals surface area contributed by atoms with E-state index in [1.54, 1.807) is 12.1 Å². The van der Waals surface area contributed by atoms with Crippen molar-refractivity contribution >= 4 is 15.5 Å². The molecule has 128 valence electrons. The third kappa shape index (κ3) is 3.24. The average molecular weight is 341 g/mol. The number of ether oxygens (including phenoxy) is 1. The molecule has 1 N–H and O–H groups in total. The Kier molecular flexibility index (Phi) is 4.40. The molecule has 0 aliphatic heterocycles. The lowest BCUT2D eigenvalue weighted by Crippen LogP contribution is -2.64. The molecule has 1 aromatic rings. The third-order valence-corrected chi connectivity index (χ3v) is 6.08. The van der Waals surface area contributed by atoms with Gasteiger partial charge in [-0.05, 0) is 38.3 Å². The number of rotatable bonds is 6. The minimum atomic E-state index is -3.23. The molecular formula is C17H24FNO3S. The summed E-state index contributed by atoms with van der Waals surface area (Å²) in [5.74, 6) is -0.734. The summed E-state index contributed by atoms with van der Waals surface area (Å²) in [6.07, 6.45) is 5.91. The highest BCUT2D eigenvalue weighted by atomic mass is 32.2. The lowest BCUT2D eigenvalue weighted by atomic mass is 9.51. The first-order valence-corrected chi connectivity index (χ1v) is 10.2. The zero-order valence-electron chi connectivity index (χ0n) is 13.6. The van der Waals surface area contributed by atoms with Crippen LogP contribution < -0.4 is 5.32 Å². The van der Waals surface area contributed by atoms with Crippen molar-refractivity contribution in [2.24, 2.45) is 5.41 Å². The number of nitrogens with one attached hydrogen (secondary N) is 1. The normalized spacial score (nSPS) is 25.7. The van der Waals surface area contributed by atoms with E-state index in [9.17, 15) is 12.8 Å². The quantitative estimate of drug-likeness (QED) is 0.864. The maximum atomic E-state index is 14.1. The van der Waals surface area contributed by atoms with Crippen LogP contribution in [0.15, 0.2) is 18.2 Å². The van der Waals surface area contributed by atoms with Gasteiger partial charge in [0.1, 0.15) is 5.82 Å². The lowest BCUT2D eigenvalue weighted by Gasteiger charge is -2.61. The number of hydrogen-bond acceptors (Lipinski definition) is 4. The average Bonchev–Trinajstić information content (AvgIpc) is 2.37. The van der Waals surface area contributed by atoms with Crippen molar-refractivity contribution < 1.29 is 17.5 Å². The van der Waals surface area contributed by atoms with Gasteiger partial charge in [-0.2, -0.15) is 0 Å². The minimum absolute atomic E-state index is 0.206. The molecule has 0 radical (unpaired) electrons.